The molecule has 4 heterocycles. The minimum atomic E-state index is 0.485. The van der Waals surface area contributed by atoms with Gasteiger partial charge in [0.2, 0.25) is 0 Å². The van der Waals surface area contributed by atoms with Gasteiger partial charge in [0.05, 0.1) is 26.4 Å². The van der Waals surface area contributed by atoms with Gasteiger partial charge in [0.25, 0.3) is 0 Å². The molecule has 0 aliphatic rings. The van der Waals surface area contributed by atoms with Crippen molar-refractivity contribution in [1.29, 1.82) is 0 Å². The van der Waals surface area contributed by atoms with Gasteiger partial charge in [0.15, 0.2) is 37.9 Å². The molecule has 0 amide bonds. The van der Waals surface area contributed by atoms with Crippen molar-refractivity contribution in [2.45, 2.75) is 13.1 Å². The van der Waals surface area contributed by atoms with Crippen molar-refractivity contribution in [3.63, 3.8) is 0 Å². The van der Waals surface area contributed by atoms with Gasteiger partial charge in [-0.1, -0.05) is 0 Å². The normalized spacial score (nSPS) is 10.9. The topological polar surface area (TPSA) is 70.5 Å². The first-order chi connectivity index (χ1) is 23.8. The number of ether oxygens (including phenoxy) is 4. The Bertz CT molecular complexity index is 1650. The second-order valence-electron chi connectivity index (χ2n) is 11.2. The van der Waals surface area contributed by atoms with Crippen molar-refractivity contribution in [2.24, 2.45) is 0 Å². The van der Waals surface area contributed by atoms with E-state index in [9.17, 15) is 0 Å². The monoisotopic (exact) mass is 640 g/mol. The molecule has 0 bridgehead atoms. The fourth-order valence-electron chi connectivity index (χ4n) is 5.16. The molecule has 242 valence electrons. The van der Waals surface area contributed by atoms with Gasteiger partial charge in [-0.2, -0.15) is 0 Å². The molecule has 0 radical (unpaired) electrons. The van der Waals surface area contributed by atoms with Crippen LogP contribution in [0.4, 0.5) is 0 Å². The third kappa shape index (κ3) is 10.0. The standard InChI is InChI=1S/C40H40N4O4/c1-5-39(6-2-33(1)31-43-21-13-37(14-22-43)35-9-17-41-18-10-35)47-29-27-45-25-26-46-28-30-48-40-7-3-34(4-8-40)32-44-23-15-38(16-24-44)36-11-19-42-20-12-36/h1-24H,25-32H2/q+2. The number of nitrogens with zero attached hydrogens (tertiary/aromatic N) is 4. The lowest BCUT2D eigenvalue weighted by Gasteiger charge is -2.09. The molecule has 4 aromatic heterocycles. The third-order valence-electron chi connectivity index (χ3n) is 7.75. The van der Waals surface area contributed by atoms with Crippen molar-refractivity contribution in [3.05, 3.63) is 158 Å². The summed E-state index contributed by atoms with van der Waals surface area (Å²) in [6.45, 7) is 4.58. The first-order valence-corrected chi connectivity index (χ1v) is 16.2. The molecule has 0 atom stereocenters. The van der Waals surface area contributed by atoms with E-state index in [0.717, 1.165) is 35.7 Å². The van der Waals surface area contributed by atoms with Crippen LogP contribution in [-0.4, -0.2) is 49.6 Å². The van der Waals surface area contributed by atoms with Gasteiger partial charge in [-0.3, -0.25) is 9.97 Å². The second kappa shape index (κ2) is 17.5. The molecular formula is C40H40N4O4+2. The van der Waals surface area contributed by atoms with E-state index < -0.39 is 0 Å². The van der Waals surface area contributed by atoms with E-state index in [4.69, 9.17) is 18.9 Å². The summed E-state index contributed by atoms with van der Waals surface area (Å²) in [6.07, 6.45) is 15.6. The zero-order chi connectivity index (χ0) is 32.6. The number of hydrogen-bond donors (Lipinski definition) is 0. The Morgan fingerprint density at radius 1 is 0.375 bits per heavy atom. The van der Waals surface area contributed by atoms with Gasteiger partial charge >= 0.3 is 0 Å². The largest absolute Gasteiger partial charge is 0.491 e. The van der Waals surface area contributed by atoms with E-state index in [1.807, 2.05) is 73.3 Å². The molecule has 0 saturated heterocycles. The maximum Gasteiger partial charge on any atom is 0.173 e. The van der Waals surface area contributed by atoms with Crippen LogP contribution in [0.15, 0.2) is 147 Å². The molecule has 0 aliphatic carbocycles. The zero-order valence-electron chi connectivity index (χ0n) is 26.9. The molecule has 6 aromatic rings. The van der Waals surface area contributed by atoms with E-state index in [-0.39, 0.29) is 0 Å². The van der Waals surface area contributed by atoms with Gasteiger partial charge < -0.3 is 18.9 Å². The van der Waals surface area contributed by atoms with Crippen LogP contribution < -0.4 is 18.6 Å². The number of pyridine rings is 4. The maximum atomic E-state index is 5.83. The third-order valence-corrected chi connectivity index (χ3v) is 7.75. The van der Waals surface area contributed by atoms with Crippen LogP contribution in [0.2, 0.25) is 0 Å². The van der Waals surface area contributed by atoms with Crippen molar-refractivity contribution in [1.82, 2.24) is 9.97 Å². The Hall–Kier alpha value is -5.44. The second-order valence-corrected chi connectivity index (χ2v) is 11.2. The molecule has 8 heteroatoms. The van der Waals surface area contributed by atoms with Crippen molar-refractivity contribution in [2.75, 3.05) is 39.6 Å². The Morgan fingerprint density at radius 3 is 1.08 bits per heavy atom. The molecule has 48 heavy (non-hydrogen) atoms. The molecule has 0 aliphatic heterocycles. The quantitative estimate of drug-likeness (QED) is 0.0904. The summed E-state index contributed by atoms with van der Waals surface area (Å²) in [7, 11) is 0. The summed E-state index contributed by atoms with van der Waals surface area (Å²) >= 11 is 0. The average Bonchev–Trinajstić information content (AvgIpc) is 3.15. The number of hydrogen-bond acceptors (Lipinski definition) is 6. The highest BCUT2D eigenvalue weighted by molar-refractivity contribution is 5.62. The number of rotatable bonds is 17. The molecular weight excluding hydrogens is 600 g/mol. The minimum Gasteiger partial charge on any atom is -0.491 e. The Kier molecular flexibility index (Phi) is 11.8. The number of benzene rings is 2. The van der Waals surface area contributed by atoms with Gasteiger partial charge in [0, 0.05) is 60.2 Å². The molecule has 0 spiro atoms. The lowest BCUT2D eigenvalue weighted by Crippen LogP contribution is -2.32. The molecule has 2 aromatic carbocycles. The van der Waals surface area contributed by atoms with E-state index >= 15 is 0 Å². The summed E-state index contributed by atoms with van der Waals surface area (Å²) in [5, 5.41) is 0. The summed E-state index contributed by atoms with van der Waals surface area (Å²) in [4.78, 5) is 8.17. The zero-order valence-corrected chi connectivity index (χ0v) is 26.9. The van der Waals surface area contributed by atoms with Crippen LogP contribution >= 0.6 is 0 Å². The van der Waals surface area contributed by atoms with Gasteiger partial charge in [-0.25, -0.2) is 9.13 Å². The maximum absolute atomic E-state index is 5.83. The molecule has 0 N–H and O–H groups in total. The molecule has 8 nitrogen and oxygen atoms in total. The Balaban J connectivity index is 0.792. The van der Waals surface area contributed by atoms with Crippen LogP contribution in [0.1, 0.15) is 11.1 Å². The van der Waals surface area contributed by atoms with E-state index in [1.165, 1.54) is 22.3 Å². The Labute approximate surface area is 281 Å². The van der Waals surface area contributed by atoms with Crippen molar-refractivity contribution < 1.29 is 28.1 Å². The lowest BCUT2D eigenvalue weighted by molar-refractivity contribution is -0.688. The molecule has 6 rings (SSSR count). The number of aromatic nitrogens is 4. The first-order valence-electron chi connectivity index (χ1n) is 16.2. The molecule has 0 unspecified atom stereocenters. The van der Waals surface area contributed by atoms with Crippen LogP contribution in [0.3, 0.4) is 0 Å². The highest BCUT2D eigenvalue weighted by Gasteiger charge is 2.07. The van der Waals surface area contributed by atoms with Crippen molar-refractivity contribution in [3.8, 4) is 33.8 Å². The minimum absolute atomic E-state index is 0.485. The summed E-state index contributed by atoms with van der Waals surface area (Å²) in [5.41, 5.74) is 7.08. The van der Waals surface area contributed by atoms with Gasteiger partial charge in [-0.05, 0) is 95.1 Å². The predicted molar refractivity (Wildman–Crippen MR) is 183 cm³/mol. The average molecular weight is 641 g/mol. The van der Waals surface area contributed by atoms with E-state index in [0.29, 0.717) is 39.6 Å². The van der Waals surface area contributed by atoms with Crippen LogP contribution in [-0.2, 0) is 22.6 Å². The molecule has 0 fully saturated rings. The summed E-state index contributed by atoms with van der Waals surface area (Å²) < 4.78 is 27.3. The van der Waals surface area contributed by atoms with Crippen LogP contribution in [0.5, 0.6) is 11.5 Å². The fraction of sp³-hybridized carbons (Fsp3) is 0.200. The highest BCUT2D eigenvalue weighted by Crippen LogP contribution is 2.18. The van der Waals surface area contributed by atoms with Crippen LogP contribution in [0.25, 0.3) is 22.3 Å². The smallest absolute Gasteiger partial charge is 0.173 e. The van der Waals surface area contributed by atoms with E-state index in [1.54, 1.807) is 0 Å². The summed E-state index contributed by atoms with van der Waals surface area (Å²) in [6, 6.07) is 32.9. The fourth-order valence-corrected chi connectivity index (χ4v) is 5.16. The highest BCUT2D eigenvalue weighted by atomic mass is 16.6. The molecule has 0 saturated carbocycles. The Morgan fingerprint density at radius 2 is 0.708 bits per heavy atom. The van der Waals surface area contributed by atoms with Crippen molar-refractivity contribution >= 4 is 0 Å². The van der Waals surface area contributed by atoms with Gasteiger partial charge in [0.1, 0.15) is 24.7 Å². The van der Waals surface area contributed by atoms with Crippen LogP contribution in [0, 0.1) is 0 Å². The van der Waals surface area contributed by atoms with E-state index in [2.05, 4.69) is 92.4 Å². The SMILES string of the molecule is c1cc(-c2cc[n+](Cc3ccc(OCCOCCOCCOc4ccc(C[n+]5ccc(-c6ccncc6)cc5)cc4)cc3)cc2)ccn1. The predicted octanol–water partition coefficient (Wildman–Crippen LogP) is 5.97. The lowest BCUT2D eigenvalue weighted by atomic mass is 10.1. The first kappa shape index (κ1) is 32.5. The summed E-state index contributed by atoms with van der Waals surface area (Å²) in [5.74, 6) is 1.66. The van der Waals surface area contributed by atoms with Gasteiger partial charge in [-0.15, -0.1) is 0 Å².